The van der Waals surface area contributed by atoms with Gasteiger partial charge >= 0.3 is 0 Å². The third-order valence-corrected chi connectivity index (χ3v) is 5.91. The summed E-state index contributed by atoms with van der Waals surface area (Å²) in [5.41, 5.74) is 7.72. The van der Waals surface area contributed by atoms with E-state index < -0.39 is 5.91 Å². The summed E-state index contributed by atoms with van der Waals surface area (Å²) < 4.78 is 9.22. The predicted molar refractivity (Wildman–Crippen MR) is 133 cm³/mol. The van der Waals surface area contributed by atoms with Gasteiger partial charge in [-0.1, -0.05) is 6.07 Å². The number of rotatable bonds is 8. The maximum Gasteiger partial charge on any atom is 0.254 e. The number of hydrogen-bond acceptors (Lipinski definition) is 10. The van der Waals surface area contributed by atoms with Crippen LogP contribution in [0.15, 0.2) is 43.1 Å². The Hall–Kier alpha value is -4.52. The van der Waals surface area contributed by atoms with E-state index in [-0.39, 0.29) is 17.3 Å². The number of carbonyl (C=O) groups excluding carboxylic acids is 1. The quantitative estimate of drug-likeness (QED) is 0.288. The lowest BCUT2D eigenvalue weighted by Gasteiger charge is -2.22. The fourth-order valence-electron chi connectivity index (χ4n) is 4.14. The fourth-order valence-corrected chi connectivity index (χ4v) is 4.14. The van der Waals surface area contributed by atoms with Crippen LogP contribution in [-0.4, -0.2) is 60.6 Å². The van der Waals surface area contributed by atoms with Gasteiger partial charge in [0.2, 0.25) is 5.95 Å². The van der Waals surface area contributed by atoms with Gasteiger partial charge < -0.3 is 26.4 Å². The Labute approximate surface area is 207 Å². The number of nitrogens with one attached hydrogen (secondary N) is 3. The Balaban J connectivity index is 1.43. The molecule has 1 aliphatic rings. The normalized spacial score (nSPS) is 13.9. The van der Waals surface area contributed by atoms with Crippen molar-refractivity contribution in [1.82, 2.24) is 39.8 Å². The smallest absolute Gasteiger partial charge is 0.254 e. The number of primary amides is 1. The monoisotopic (exact) mass is 489 g/mol. The Morgan fingerprint density at radius 1 is 1.19 bits per heavy atom. The molecule has 186 valence electrons. The Morgan fingerprint density at radius 3 is 2.75 bits per heavy atom. The number of hydrogen-bond donors (Lipinski definition) is 4. The highest BCUT2D eigenvalue weighted by molar-refractivity contribution is 5.98. The molecule has 0 radical (unpaired) electrons. The van der Waals surface area contributed by atoms with E-state index in [1.54, 1.807) is 37.4 Å². The van der Waals surface area contributed by atoms with Crippen molar-refractivity contribution in [2.45, 2.75) is 18.9 Å². The maximum atomic E-state index is 12.1. The van der Waals surface area contributed by atoms with Crippen LogP contribution in [0.5, 0.6) is 5.75 Å². The molecular weight excluding hydrogens is 462 g/mol. The minimum Gasteiger partial charge on any atom is -0.494 e. The second-order valence-electron chi connectivity index (χ2n) is 8.39. The van der Waals surface area contributed by atoms with Gasteiger partial charge in [-0.2, -0.15) is 15.2 Å². The first-order valence-corrected chi connectivity index (χ1v) is 11.5. The van der Waals surface area contributed by atoms with Crippen LogP contribution >= 0.6 is 0 Å². The number of piperidine rings is 1. The summed E-state index contributed by atoms with van der Waals surface area (Å²) in [5, 5.41) is 18.5. The van der Waals surface area contributed by atoms with Crippen LogP contribution in [-0.2, 0) is 7.05 Å². The summed E-state index contributed by atoms with van der Waals surface area (Å²) in [6.07, 6.45) is 8.69. The van der Waals surface area contributed by atoms with Gasteiger partial charge in [0, 0.05) is 19.4 Å². The number of aryl methyl sites for hydroxylation is 1. The molecule has 1 saturated heterocycles. The summed E-state index contributed by atoms with van der Waals surface area (Å²) in [4.78, 5) is 25.2. The molecule has 0 unspecified atom stereocenters. The summed E-state index contributed by atoms with van der Waals surface area (Å²) in [7, 11) is 3.34. The zero-order chi connectivity index (χ0) is 25.1. The number of carbonyl (C=O) groups is 1. The van der Waals surface area contributed by atoms with Gasteiger partial charge in [0.15, 0.2) is 11.6 Å². The Morgan fingerprint density at radius 2 is 2.03 bits per heavy atom. The molecule has 36 heavy (non-hydrogen) atoms. The number of nitrogens with zero attached hydrogens (tertiary/aromatic N) is 7. The van der Waals surface area contributed by atoms with Crippen LogP contribution < -0.4 is 26.4 Å². The zero-order valence-corrected chi connectivity index (χ0v) is 20.0. The number of anilines is 4. The van der Waals surface area contributed by atoms with Crippen LogP contribution in [0, 0.1) is 0 Å². The first-order valence-electron chi connectivity index (χ1n) is 11.5. The molecule has 0 aliphatic carbocycles. The van der Waals surface area contributed by atoms with Crippen LogP contribution in [0.4, 0.5) is 23.1 Å². The van der Waals surface area contributed by atoms with E-state index >= 15 is 0 Å². The van der Waals surface area contributed by atoms with Crippen LogP contribution in [0.3, 0.4) is 0 Å². The number of aromatic nitrogens is 7. The van der Waals surface area contributed by atoms with Gasteiger partial charge in [-0.3, -0.25) is 14.2 Å². The lowest BCUT2D eigenvalue weighted by molar-refractivity contribution is 0.100. The van der Waals surface area contributed by atoms with Crippen molar-refractivity contribution >= 4 is 29.0 Å². The van der Waals surface area contributed by atoms with E-state index in [0.29, 0.717) is 28.9 Å². The topological polar surface area (TPSA) is 163 Å². The molecule has 1 amide bonds. The van der Waals surface area contributed by atoms with Gasteiger partial charge in [0.05, 0.1) is 36.3 Å². The second-order valence-corrected chi connectivity index (χ2v) is 8.39. The lowest BCUT2D eigenvalue weighted by atomic mass is 10.1. The molecule has 4 heterocycles. The molecular formula is C23H27N11O2. The van der Waals surface area contributed by atoms with Crippen molar-refractivity contribution < 1.29 is 9.53 Å². The van der Waals surface area contributed by atoms with Gasteiger partial charge in [-0.25, -0.2) is 9.97 Å². The molecule has 0 saturated carbocycles. The van der Waals surface area contributed by atoms with E-state index in [9.17, 15) is 4.79 Å². The molecule has 5 rings (SSSR count). The molecule has 5 N–H and O–H groups in total. The van der Waals surface area contributed by atoms with E-state index in [4.69, 9.17) is 10.5 Å². The van der Waals surface area contributed by atoms with E-state index in [0.717, 1.165) is 31.6 Å². The van der Waals surface area contributed by atoms with Crippen molar-refractivity contribution in [3.05, 3.63) is 48.7 Å². The Kier molecular flexibility index (Phi) is 6.45. The molecule has 1 aromatic carbocycles. The Bertz CT molecular complexity index is 1370. The molecule has 13 nitrogen and oxygen atoms in total. The van der Waals surface area contributed by atoms with Crippen molar-refractivity contribution in [1.29, 1.82) is 0 Å². The fraction of sp³-hybridized carbons (Fsp3) is 0.304. The maximum absolute atomic E-state index is 12.1. The third-order valence-electron chi connectivity index (χ3n) is 5.91. The standard InChI is InChI=1S/C23H27N11O2/c1-33-13-27-21(32-33)16-4-3-5-18(19(16)36-2)30-22-17(20(24)35)11-26-23(31-22)29-14-10-28-34(12-14)15-6-8-25-9-7-15/h3-5,10-13,15,25H,6-9H2,1-2H3,(H2,24,35)(H2,26,29,30,31). The minimum absolute atomic E-state index is 0.134. The van der Waals surface area contributed by atoms with Gasteiger partial charge in [0.25, 0.3) is 5.91 Å². The summed E-state index contributed by atoms with van der Waals surface area (Å²) in [6.45, 7) is 1.95. The van der Waals surface area contributed by atoms with Crippen LogP contribution in [0.25, 0.3) is 11.4 Å². The van der Waals surface area contributed by atoms with E-state index in [1.165, 1.54) is 6.20 Å². The van der Waals surface area contributed by atoms with Crippen molar-refractivity contribution in [3.8, 4) is 17.1 Å². The highest BCUT2D eigenvalue weighted by Gasteiger charge is 2.19. The van der Waals surface area contributed by atoms with E-state index in [2.05, 4.69) is 41.1 Å². The number of benzene rings is 1. The van der Waals surface area contributed by atoms with Crippen LogP contribution in [0.2, 0.25) is 0 Å². The van der Waals surface area contributed by atoms with Gasteiger partial charge in [-0.05, 0) is 38.1 Å². The molecule has 0 atom stereocenters. The number of para-hydroxylation sites is 1. The van der Waals surface area contributed by atoms with Crippen molar-refractivity contribution in [2.24, 2.45) is 12.8 Å². The van der Waals surface area contributed by atoms with E-state index in [1.807, 2.05) is 23.0 Å². The molecule has 0 bridgehead atoms. The van der Waals surface area contributed by atoms with Crippen molar-refractivity contribution in [3.63, 3.8) is 0 Å². The highest BCUT2D eigenvalue weighted by atomic mass is 16.5. The minimum atomic E-state index is -0.663. The number of amides is 1. The molecule has 4 aromatic rings. The second kappa shape index (κ2) is 10.00. The van der Waals surface area contributed by atoms with Crippen molar-refractivity contribution in [2.75, 3.05) is 30.8 Å². The first kappa shape index (κ1) is 23.2. The molecule has 3 aromatic heterocycles. The average molecular weight is 490 g/mol. The average Bonchev–Trinajstić information content (AvgIpc) is 3.53. The zero-order valence-electron chi connectivity index (χ0n) is 20.0. The summed E-state index contributed by atoms with van der Waals surface area (Å²) in [5.74, 6) is 0.854. The molecule has 1 aliphatic heterocycles. The first-order chi connectivity index (χ1) is 17.5. The number of ether oxygens (including phenoxy) is 1. The number of methoxy groups -OCH3 is 1. The largest absolute Gasteiger partial charge is 0.494 e. The molecule has 13 heteroatoms. The molecule has 0 spiro atoms. The lowest BCUT2D eigenvalue weighted by Crippen LogP contribution is -2.29. The van der Waals surface area contributed by atoms with Crippen LogP contribution in [0.1, 0.15) is 29.2 Å². The highest BCUT2D eigenvalue weighted by Crippen LogP contribution is 2.36. The summed E-state index contributed by atoms with van der Waals surface area (Å²) in [6, 6.07) is 5.83. The predicted octanol–water partition coefficient (Wildman–Crippen LogP) is 1.99. The van der Waals surface area contributed by atoms with Gasteiger partial charge in [0.1, 0.15) is 17.7 Å². The third kappa shape index (κ3) is 4.81. The summed E-state index contributed by atoms with van der Waals surface area (Å²) >= 11 is 0. The SMILES string of the molecule is COc1c(Nc2nc(Nc3cnn(C4CCNCC4)c3)ncc2C(N)=O)cccc1-c1ncn(C)n1. The number of nitrogens with two attached hydrogens (primary N) is 1. The molecule has 1 fully saturated rings. The van der Waals surface area contributed by atoms with Gasteiger partial charge in [-0.15, -0.1) is 0 Å².